The molecular weight excluding hydrogens is 531 g/mol. The summed E-state index contributed by atoms with van der Waals surface area (Å²) in [5.41, 5.74) is 4.92. The monoisotopic (exact) mass is 566 g/mol. The van der Waals surface area contributed by atoms with Crippen LogP contribution in [-0.2, 0) is 21.4 Å². The van der Waals surface area contributed by atoms with Gasteiger partial charge < -0.3 is 14.6 Å². The second-order valence-electron chi connectivity index (χ2n) is 11.4. The van der Waals surface area contributed by atoms with Gasteiger partial charge in [0.05, 0.1) is 17.2 Å². The van der Waals surface area contributed by atoms with Gasteiger partial charge in [0.25, 0.3) is 0 Å². The smallest absolute Gasteiger partial charge is 0.341 e. The summed E-state index contributed by atoms with van der Waals surface area (Å²) in [5.74, 6) is -0.657. The molecular formula is C33H36Cl2O4. The molecule has 39 heavy (non-hydrogen) atoms. The number of benzene rings is 3. The van der Waals surface area contributed by atoms with Crippen LogP contribution in [0.2, 0.25) is 10.0 Å². The summed E-state index contributed by atoms with van der Waals surface area (Å²) in [5, 5.41) is 10.4. The van der Waals surface area contributed by atoms with Gasteiger partial charge in [0, 0.05) is 22.4 Å². The van der Waals surface area contributed by atoms with E-state index in [9.17, 15) is 9.90 Å². The molecule has 0 spiro atoms. The summed E-state index contributed by atoms with van der Waals surface area (Å²) >= 11 is 13.0. The van der Waals surface area contributed by atoms with Crippen molar-refractivity contribution in [2.45, 2.75) is 64.1 Å². The van der Waals surface area contributed by atoms with Gasteiger partial charge in [-0.25, -0.2) is 4.79 Å². The third kappa shape index (κ3) is 7.05. The number of hydrogen-bond acceptors (Lipinski definition) is 3. The SMILES string of the molecule is C=C(C)[C@@H]1C[C@@H](c2ccc(Cl)cc2)[C@@H](Cc2ccccc2)O[C@H]1c1cc(C(C)(C)C)cc(Cl)c1OCC(=O)O. The van der Waals surface area contributed by atoms with Gasteiger partial charge in [0.15, 0.2) is 6.61 Å². The molecule has 1 N–H and O–H groups in total. The van der Waals surface area contributed by atoms with Gasteiger partial charge in [-0.1, -0.05) is 98.6 Å². The molecule has 1 saturated heterocycles. The van der Waals surface area contributed by atoms with Gasteiger partial charge >= 0.3 is 5.97 Å². The van der Waals surface area contributed by atoms with Crippen molar-refractivity contribution in [2.75, 3.05) is 6.61 Å². The maximum absolute atomic E-state index is 11.4. The van der Waals surface area contributed by atoms with E-state index in [0.29, 0.717) is 22.2 Å². The Hall–Kier alpha value is -2.79. The fraction of sp³-hybridized carbons (Fsp3) is 0.364. The van der Waals surface area contributed by atoms with Crippen molar-refractivity contribution in [1.29, 1.82) is 0 Å². The van der Waals surface area contributed by atoms with Gasteiger partial charge in [-0.2, -0.15) is 0 Å². The van der Waals surface area contributed by atoms with Crippen molar-refractivity contribution < 1.29 is 19.4 Å². The molecule has 1 heterocycles. The van der Waals surface area contributed by atoms with Gasteiger partial charge in [-0.15, -0.1) is 0 Å². The van der Waals surface area contributed by atoms with Crippen LogP contribution in [0.15, 0.2) is 78.9 Å². The predicted octanol–water partition coefficient (Wildman–Crippen LogP) is 8.80. The predicted molar refractivity (Wildman–Crippen MR) is 158 cm³/mol. The molecule has 1 fully saturated rings. The number of aliphatic carboxylic acids is 1. The first-order valence-corrected chi connectivity index (χ1v) is 14.0. The highest BCUT2D eigenvalue weighted by Crippen LogP contribution is 2.50. The summed E-state index contributed by atoms with van der Waals surface area (Å²) in [6.45, 7) is 12.2. The highest BCUT2D eigenvalue weighted by Gasteiger charge is 2.41. The molecule has 3 aromatic rings. The van der Waals surface area contributed by atoms with Crippen molar-refractivity contribution in [3.05, 3.63) is 111 Å². The number of carboxylic acids is 1. The highest BCUT2D eigenvalue weighted by molar-refractivity contribution is 6.32. The Labute approximate surface area is 241 Å². The molecule has 4 nitrogen and oxygen atoms in total. The minimum absolute atomic E-state index is 0.0452. The lowest BCUT2D eigenvalue weighted by molar-refractivity contribution is -0.139. The van der Waals surface area contributed by atoms with E-state index < -0.39 is 18.7 Å². The van der Waals surface area contributed by atoms with Crippen LogP contribution in [0.5, 0.6) is 5.75 Å². The summed E-state index contributed by atoms with van der Waals surface area (Å²) in [4.78, 5) is 11.4. The van der Waals surface area contributed by atoms with Gasteiger partial charge in [-0.05, 0) is 66.1 Å². The fourth-order valence-electron chi connectivity index (χ4n) is 5.32. The Morgan fingerprint density at radius 3 is 2.33 bits per heavy atom. The van der Waals surface area contributed by atoms with E-state index in [4.69, 9.17) is 32.7 Å². The molecule has 3 aromatic carbocycles. The Morgan fingerprint density at radius 1 is 1.08 bits per heavy atom. The van der Waals surface area contributed by atoms with Crippen molar-refractivity contribution in [1.82, 2.24) is 0 Å². The molecule has 0 aromatic heterocycles. The quantitative estimate of drug-likeness (QED) is 0.277. The standard InChI is InChI=1S/C33H36Cl2O4/c1-20(2)25-18-26(22-11-13-24(34)14-12-22)29(15-21-9-7-6-8-10-21)39-31(25)27-16-23(33(3,4)5)17-28(35)32(27)38-19-30(36)37/h6-14,16-17,25-26,29,31H,1,15,18-19H2,2-5H3,(H,36,37)/t25-,26-,29+,31+/m0/s1. The first-order chi connectivity index (χ1) is 18.4. The number of rotatable bonds is 8. The zero-order valence-corrected chi connectivity index (χ0v) is 24.4. The van der Waals surface area contributed by atoms with Crippen molar-refractivity contribution in [3.63, 3.8) is 0 Å². The topological polar surface area (TPSA) is 55.8 Å². The second kappa shape index (κ2) is 12.2. The zero-order valence-electron chi connectivity index (χ0n) is 22.9. The lowest BCUT2D eigenvalue weighted by atomic mass is 9.73. The number of ether oxygens (including phenoxy) is 2. The number of halogens is 2. The lowest BCUT2D eigenvalue weighted by Crippen LogP contribution is -2.37. The van der Waals surface area contributed by atoms with Crippen LogP contribution in [-0.4, -0.2) is 23.8 Å². The van der Waals surface area contributed by atoms with Crippen molar-refractivity contribution >= 4 is 29.2 Å². The molecule has 1 aliphatic heterocycles. The van der Waals surface area contributed by atoms with Gasteiger partial charge in [0.2, 0.25) is 0 Å². The summed E-state index contributed by atoms with van der Waals surface area (Å²) < 4.78 is 12.8. The minimum atomic E-state index is -1.07. The first-order valence-electron chi connectivity index (χ1n) is 13.2. The zero-order chi connectivity index (χ0) is 28.3. The van der Waals surface area contributed by atoms with Crippen LogP contribution in [0.25, 0.3) is 0 Å². The molecule has 4 rings (SSSR count). The normalized spacial score (nSPS) is 21.4. The van der Waals surface area contributed by atoms with Crippen LogP contribution in [0.1, 0.15) is 68.4 Å². The number of hydrogen-bond donors (Lipinski definition) is 1. The molecule has 4 atom stereocenters. The third-order valence-corrected chi connectivity index (χ3v) is 7.97. The molecule has 0 radical (unpaired) electrons. The van der Waals surface area contributed by atoms with E-state index in [-0.39, 0.29) is 23.4 Å². The van der Waals surface area contributed by atoms with Crippen LogP contribution in [0.3, 0.4) is 0 Å². The maximum atomic E-state index is 11.4. The van der Waals surface area contributed by atoms with Crippen molar-refractivity contribution in [2.24, 2.45) is 5.92 Å². The number of carbonyl (C=O) groups is 1. The summed E-state index contributed by atoms with van der Waals surface area (Å²) in [7, 11) is 0. The molecule has 206 valence electrons. The third-order valence-electron chi connectivity index (χ3n) is 7.44. The van der Waals surface area contributed by atoms with E-state index in [2.05, 4.69) is 57.7 Å². The van der Waals surface area contributed by atoms with Crippen LogP contribution in [0, 0.1) is 5.92 Å². The van der Waals surface area contributed by atoms with Gasteiger partial charge in [-0.3, -0.25) is 0 Å². The van der Waals surface area contributed by atoms with E-state index in [1.54, 1.807) is 0 Å². The summed E-state index contributed by atoms with van der Waals surface area (Å²) in [6, 6.07) is 22.2. The van der Waals surface area contributed by atoms with Crippen LogP contribution >= 0.6 is 23.2 Å². The fourth-order valence-corrected chi connectivity index (χ4v) is 5.73. The van der Waals surface area contributed by atoms with Crippen LogP contribution < -0.4 is 4.74 Å². The van der Waals surface area contributed by atoms with Crippen molar-refractivity contribution in [3.8, 4) is 5.75 Å². The Kier molecular flexibility index (Phi) is 9.10. The summed E-state index contributed by atoms with van der Waals surface area (Å²) in [6.07, 6.45) is 0.947. The van der Waals surface area contributed by atoms with E-state index in [1.807, 2.05) is 43.3 Å². The molecule has 0 bridgehead atoms. The lowest BCUT2D eigenvalue weighted by Gasteiger charge is -2.43. The number of carboxylic acid groups (broad SMARTS) is 1. The van der Waals surface area contributed by atoms with E-state index >= 15 is 0 Å². The first kappa shape index (κ1) is 29.2. The molecule has 0 aliphatic carbocycles. The largest absolute Gasteiger partial charge is 0.480 e. The molecule has 6 heteroatoms. The molecule has 0 unspecified atom stereocenters. The molecule has 0 saturated carbocycles. The van der Waals surface area contributed by atoms with E-state index in [0.717, 1.165) is 28.7 Å². The Morgan fingerprint density at radius 2 is 1.74 bits per heavy atom. The highest BCUT2D eigenvalue weighted by atomic mass is 35.5. The average molecular weight is 568 g/mol. The second-order valence-corrected chi connectivity index (χ2v) is 12.3. The molecule has 1 aliphatic rings. The average Bonchev–Trinajstić information content (AvgIpc) is 2.87. The molecule has 0 amide bonds. The minimum Gasteiger partial charge on any atom is -0.480 e. The Bertz CT molecular complexity index is 1310. The maximum Gasteiger partial charge on any atom is 0.341 e. The van der Waals surface area contributed by atoms with E-state index in [1.165, 1.54) is 5.56 Å². The van der Waals surface area contributed by atoms with Crippen LogP contribution in [0.4, 0.5) is 0 Å². The van der Waals surface area contributed by atoms with Gasteiger partial charge in [0.1, 0.15) is 5.75 Å². The Balaban J connectivity index is 1.83.